The topological polar surface area (TPSA) is 23.8 Å². The van der Waals surface area contributed by atoms with Crippen molar-refractivity contribution in [1.29, 1.82) is 5.26 Å². The van der Waals surface area contributed by atoms with Crippen LogP contribution in [0.2, 0.25) is 0 Å². The van der Waals surface area contributed by atoms with Crippen molar-refractivity contribution in [2.24, 2.45) is 0 Å². The number of halogens is 1. The molecule has 1 rings (SSSR count). The van der Waals surface area contributed by atoms with E-state index in [-0.39, 0.29) is 0 Å². The van der Waals surface area contributed by atoms with Crippen LogP contribution in [0.15, 0.2) is 35.9 Å². The Morgan fingerprint density at radius 1 is 1.53 bits per heavy atom. The Kier molecular flexibility index (Phi) is 3.71. The van der Waals surface area contributed by atoms with Crippen LogP contribution in [0.5, 0.6) is 0 Å². The van der Waals surface area contributed by atoms with E-state index in [0.29, 0.717) is 10.6 Å². The van der Waals surface area contributed by atoms with Gasteiger partial charge in [0.1, 0.15) is 0 Å². The summed E-state index contributed by atoms with van der Waals surface area (Å²) in [5, 5.41) is 9.39. The summed E-state index contributed by atoms with van der Waals surface area (Å²) in [6.07, 6.45) is 1.80. The molecule has 0 aromatic heterocycles. The maximum atomic E-state index is 8.89. The quantitative estimate of drug-likeness (QED) is 0.687. The van der Waals surface area contributed by atoms with Crippen LogP contribution in [0.4, 0.5) is 0 Å². The number of nitrogens with zero attached hydrogens (tertiary/aromatic N) is 1. The Morgan fingerprint density at radius 2 is 2.20 bits per heavy atom. The van der Waals surface area contributed by atoms with Gasteiger partial charge in [0.2, 0.25) is 0 Å². The summed E-state index contributed by atoms with van der Waals surface area (Å²) >= 11 is 5.71. The van der Waals surface area contributed by atoms with Gasteiger partial charge in [0, 0.05) is 5.03 Å². The van der Waals surface area contributed by atoms with E-state index in [1.807, 2.05) is 32.0 Å². The minimum atomic E-state index is 0.495. The van der Waals surface area contributed by atoms with E-state index in [9.17, 15) is 0 Å². The third-order valence-electron chi connectivity index (χ3n) is 2.25. The molecule has 0 unspecified atom stereocenters. The molecule has 0 amide bonds. The number of rotatable bonds is 2. The van der Waals surface area contributed by atoms with E-state index >= 15 is 0 Å². The number of allylic oxidation sites excluding steroid dienone is 3. The van der Waals surface area contributed by atoms with Gasteiger partial charge in [-0.1, -0.05) is 30.3 Å². The molecular weight excluding hydrogens is 206 g/mol. The van der Waals surface area contributed by atoms with E-state index in [0.717, 1.165) is 16.7 Å². The lowest BCUT2D eigenvalue weighted by atomic mass is 9.97. The molecule has 0 atom stereocenters. The van der Waals surface area contributed by atoms with E-state index < -0.39 is 0 Å². The minimum absolute atomic E-state index is 0.495. The Labute approximate surface area is 95.3 Å². The van der Waals surface area contributed by atoms with Crippen molar-refractivity contribution in [2.75, 3.05) is 0 Å². The molecule has 0 spiro atoms. The molecular formula is C13H12ClN. The molecule has 2 heteroatoms. The zero-order valence-electron chi connectivity index (χ0n) is 8.84. The van der Waals surface area contributed by atoms with Crippen molar-refractivity contribution < 1.29 is 0 Å². The fourth-order valence-corrected chi connectivity index (χ4v) is 1.66. The van der Waals surface area contributed by atoms with Crippen molar-refractivity contribution in [3.8, 4) is 6.07 Å². The molecule has 1 nitrogen and oxygen atoms in total. The normalized spacial score (nSPS) is 10.9. The Morgan fingerprint density at radius 3 is 2.73 bits per heavy atom. The van der Waals surface area contributed by atoms with E-state index in [4.69, 9.17) is 16.9 Å². The molecule has 0 saturated heterocycles. The van der Waals surface area contributed by atoms with Crippen molar-refractivity contribution in [3.63, 3.8) is 0 Å². The first kappa shape index (κ1) is 11.6. The molecule has 0 saturated carbocycles. The zero-order valence-corrected chi connectivity index (χ0v) is 9.60. The molecule has 15 heavy (non-hydrogen) atoms. The fourth-order valence-electron chi connectivity index (χ4n) is 1.50. The highest BCUT2D eigenvalue weighted by Crippen LogP contribution is 2.22. The highest BCUT2D eigenvalue weighted by atomic mass is 35.5. The number of hydrogen-bond donors (Lipinski definition) is 0. The summed E-state index contributed by atoms with van der Waals surface area (Å²) in [6, 6.07) is 7.81. The zero-order chi connectivity index (χ0) is 11.4. The fraction of sp³-hybridized carbons (Fsp3) is 0.154. The lowest BCUT2D eigenvalue weighted by Gasteiger charge is -2.07. The molecule has 0 fully saturated rings. The molecule has 0 aliphatic rings. The highest BCUT2D eigenvalue weighted by Gasteiger charge is 2.04. The number of nitriles is 1. The predicted octanol–water partition coefficient (Wildman–Crippen LogP) is 4.02. The van der Waals surface area contributed by atoms with Crippen LogP contribution in [0.25, 0.3) is 5.57 Å². The second kappa shape index (κ2) is 4.82. The second-order valence-corrected chi connectivity index (χ2v) is 3.85. The van der Waals surface area contributed by atoms with E-state index in [1.165, 1.54) is 0 Å². The van der Waals surface area contributed by atoms with Crippen LogP contribution in [0.3, 0.4) is 0 Å². The van der Waals surface area contributed by atoms with Crippen molar-refractivity contribution >= 4 is 17.2 Å². The molecule has 1 aromatic carbocycles. The van der Waals surface area contributed by atoms with Gasteiger partial charge >= 0.3 is 0 Å². The number of hydrogen-bond acceptors (Lipinski definition) is 1. The van der Waals surface area contributed by atoms with Crippen LogP contribution >= 0.6 is 11.6 Å². The first-order chi connectivity index (χ1) is 7.06. The predicted molar refractivity (Wildman–Crippen MR) is 64.5 cm³/mol. The van der Waals surface area contributed by atoms with Gasteiger partial charge in [-0.2, -0.15) is 5.26 Å². The maximum Gasteiger partial charge on any atom is 0.0994 e. The molecule has 0 bridgehead atoms. The van der Waals surface area contributed by atoms with E-state index in [2.05, 4.69) is 12.6 Å². The molecule has 0 aliphatic heterocycles. The van der Waals surface area contributed by atoms with Gasteiger partial charge < -0.3 is 0 Å². The van der Waals surface area contributed by atoms with Crippen LogP contribution in [0, 0.1) is 18.3 Å². The average molecular weight is 218 g/mol. The van der Waals surface area contributed by atoms with Gasteiger partial charge in [-0.25, -0.2) is 0 Å². The van der Waals surface area contributed by atoms with Gasteiger partial charge in [-0.3, -0.25) is 0 Å². The van der Waals surface area contributed by atoms with Gasteiger partial charge in [0.05, 0.1) is 11.6 Å². The third kappa shape index (κ3) is 2.71. The van der Waals surface area contributed by atoms with E-state index in [1.54, 1.807) is 6.08 Å². The maximum absolute atomic E-state index is 8.89. The van der Waals surface area contributed by atoms with Crippen LogP contribution in [-0.4, -0.2) is 0 Å². The first-order valence-electron chi connectivity index (χ1n) is 4.59. The summed E-state index contributed by atoms with van der Waals surface area (Å²) in [6.45, 7) is 7.51. The molecule has 76 valence electrons. The largest absolute Gasteiger partial charge is 0.192 e. The minimum Gasteiger partial charge on any atom is -0.192 e. The van der Waals surface area contributed by atoms with Crippen LogP contribution in [-0.2, 0) is 0 Å². The third-order valence-corrected chi connectivity index (χ3v) is 2.36. The molecule has 1 aromatic rings. The van der Waals surface area contributed by atoms with Crippen molar-refractivity contribution in [3.05, 3.63) is 52.6 Å². The van der Waals surface area contributed by atoms with Gasteiger partial charge in [0.15, 0.2) is 0 Å². The highest BCUT2D eigenvalue weighted by molar-refractivity contribution is 6.31. The van der Waals surface area contributed by atoms with Crippen molar-refractivity contribution in [2.45, 2.75) is 13.8 Å². The Bertz CT molecular complexity index is 464. The Hall–Kier alpha value is -1.52. The summed E-state index contributed by atoms with van der Waals surface area (Å²) in [4.78, 5) is 0. The van der Waals surface area contributed by atoms with Crippen LogP contribution in [0.1, 0.15) is 23.6 Å². The SMILES string of the molecule is C=C(Cl)/C=C(\C)c1cccc(C#N)c1C. The summed E-state index contributed by atoms with van der Waals surface area (Å²) < 4.78 is 0. The van der Waals surface area contributed by atoms with Crippen LogP contribution < -0.4 is 0 Å². The number of benzene rings is 1. The lowest BCUT2D eigenvalue weighted by Crippen LogP contribution is -1.89. The smallest absolute Gasteiger partial charge is 0.0994 e. The lowest BCUT2D eigenvalue weighted by molar-refractivity contribution is 1.36. The summed E-state index contributed by atoms with van der Waals surface area (Å²) in [5.41, 5.74) is 3.73. The standard InChI is InChI=1S/C13H12ClN/c1-9(7-10(2)14)13-6-4-5-12(8-15)11(13)3/h4-7H,2H2,1,3H3/b9-7+. The molecule has 0 N–H and O–H groups in total. The first-order valence-corrected chi connectivity index (χ1v) is 4.97. The second-order valence-electron chi connectivity index (χ2n) is 3.36. The molecule has 0 radical (unpaired) electrons. The Balaban J connectivity index is 3.28. The van der Waals surface area contributed by atoms with Crippen molar-refractivity contribution in [1.82, 2.24) is 0 Å². The summed E-state index contributed by atoms with van der Waals surface area (Å²) in [5.74, 6) is 0. The molecule has 0 heterocycles. The summed E-state index contributed by atoms with van der Waals surface area (Å²) in [7, 11) is 0. The monoisotopic (exact) mass is 217 g/mol. The van der Waals surface area contributed by atoms with Gasteiger partial charge in [0.25, 0.3) is 0 Å². The van der Waals surface area contributed by atoms with Gasteiger partial charge in [-0.15, -0.1) is 0 Å². The molecule has 0 aliphatic carbocycles. The average Bonchev–Trinajstić information content (AvgIpc) is 2.17. The van der Waals surface area contributed by atoms with Gasteiger partial charge in [-0.05, 0) is 42.7 Å².